The van der Waals surface area contributed by atoms with Gasteiger partial charge in [-0.15, -0.1) is 0 Å². The lowest BCUT2D eigenvalue weighted by Crippen LogP contribution is -2.58. The van der Waals surface area contributed by atoms with Crippen LogP contribution in [0.1, 0.15) is 71.2 Å². The average molecular weight is 988 g/mol. The quantitative estimate of drug-likeness (QED) is 0.0361. The van der Waals surface area contributed by atoms with Crippen LogP contribution in [0.3, 0.4) is 0 Å². The van der Waals surface area contributed by atoms with Gasteiger partial charge < -0.3 is 79.1 Å². The van der Waals surface area contributed by atoms with Crippen LogP contribution in [0.15, 0.2) is 25.0 Å². The van der Waals surface area contributed by atoms with Crippen molar-refractivity contribution < 1.29 is 63.0 Å². The van der Waals surface area contributed by atoms with Crippen LogP contribution < -0.4 is 54.0 Å². The Morgan fingerprint density at radius 1 is 0.714 bits per heavy atom. The van der Waals surface area contributed by atoms with Gasteiger partial charge in [0.05, 0.1) is 44.9 Å². The lowest BCUT2D eigenvalue weighted by Gasteiger charge is -2.29. The number of likely N-dealkylation sites (tertiary alicyclic amines) is 1. The SMILES string of the molecule is CC[C@H](C)[C@H](N)C(=O)N[C@@H](CO)C(=O)NCC(=O)N[C@@H](Cc1cnc[nH]1)C(=O)NCC(=O)N[C@@H](CCC(N)=O)C(=O)N[C@@H](Cc1cnc[nH]1)C(=O)NCC(=O)N[C@H](C(=O)N1CCC[C@H]1C(=O)O)C(C)C. The van der Waals surface area contributed by atoms with E-state index < -0.39 is 146 Å². The van der Waals surface area contributed by atoms with Gasteiger partial charge in [0.25, 0.3) is 0 Å². The van der Waals surface area contributed by atoms with Crippen molar-refractivity contribution in [2.24, 2.45) is 23.3 Å². The molecule has 1 aliphatic rings. The van der Waals surface area contributed by atoms with Crippen molar-refractivity contribution in [2.45, 2.75) is 115 Å². The third kappa shape index (κ3) is 18.2. The molecule has 1 fully saturated rings. The normalized spacial score (nSPS) is 16.2. The van der Waals surface area contributed by atoms with E-state index in [-0.39, 0.29) is 38.1 Å². The van der Waals surface area contributed by atoms with Gasteiger partial charge in [-0.2, -0.15) is 0 Å². The third-order valence-electron chi connectivity index (χ3n) is 11.3. The summed E-state index contributed by atoms with van der Waals surface area (Å²) in [5.74, 6) is -10.2. The molecule has 0 unspecified atom stereocenters. The molecule has 3 rings (SSSR count). The maximum Gasteiger partial charge on any atom is 0.326 e. The summed E-state index contributed by atoms with van der Waals surface area (Å²) in [6, 6.07) is -8.86. The Kier molecular flexibility index (Phi) is 22.8. The fraction of sp³-hybridized carbons (Fsp3) is 0.595. The number of aromatic amines is 2. The van der Waals surface area contributed by atoms with Gasteiger partial charge in [0.2, 0.25) is 59.1 Å². The summed E-state index contributed by atoms with van der Waals surface area (Å²) in [7, 11) is 0. The molecule has 3 heterocycles. The first-order chi connectivity index (χ1) is 33.1. The molecule has 0 aromatic carbocycles. The van der Waals surface area contributed by atoms with Crippen LogP contribution in [0, 0.1) is 11.8 Å². The summed E-state index contributed by atoms with van der Waals surface area (Å²) < 4.78 is 0. The molecule has 0 saturated carbocycles. The van der Waals surface area contributed by atoms with E-state index in [1.54, 1.807) is 20.8 Å². The second kappa shape index (κ2) is 28.1. The van der Waals surface area contributed by atoms with Gasteiger partial charge in [-0.05, 0) is 31.1 Å². The Morgan fingerprint density at radius 2 is 1.20 bits per heavy atom. The molecule has 0 radical (unpaired) electrons. The fourth-order valence-electron chi connectivity index (χ4n) is 7.02. The molecule has 1 saturated heterocycles. The molecule has 0 bridgehead atoms. The van der Waals surface area contributed by atoms with Gasteiger partial charge >= 0.3 is 5.97 Å². The molecule has 8 atom stereocenters. The minimum atomic E-state index is -1.52. The lowest BCUT2D eigenvalue weighted by molar-refractivity contribution is -0.150. The number of imidazole rings is 2. The number of nitrogens with two attached hydrogens (primary N) is 2. The zero-order valence-electron chi connectivity index (χ0n) is 39.4. The van der Waals surface area contributed by atoms with Crippen LogP contribution in [-0.4, -0.2) is 175 Å². The highest BCUT2D eigenvalue weighted by Gasteiger charge is 2.39. The number of nitrogens with zero attached hydrogens (tertiary/aromatic N) is 3. The Hall–Kier alpha value is -7.49. The number of hydrogen-bond donors (Lipinski definition) is 14. The molecule has 10 amide bonds. The maximum atomic E-state index is 13.7. The van der Waals surface area contributed by atoms with Crippen molar-refractivity contribution in [1.29, 1.82) is 0 Å². The molecule has 28 nitrogen and oxygen atoms in total. The highest BCUT2D eigenvalue weighted by atomic mass is 16.4. The second-order valence-electron chi connectivity index (χ2n) is 17.0. The van der Waals surface area contributed by atoms with Crippen molar-refractivity contribution in [2.75, 3.05) is 32.8 Å². The number of aliphatic carboxylic acids is 1. The van der Waals surface area contributed by atoms with Crippen LogP contribution in [0.25, 0.3) is 0 Å². The van der Waals surface area contributed by atoms with E-state index in [1.165, 1.54) is 29.9 Å². The van der Waals surface area contributed by atoms with Crippen LogP contribution >= 0.6 is 0 Å². The number of amides is 10. The molecule has 16 N–H and O–H groups in total. The zero-order chi connectivity index (χ0) is 52.1. The smallest absolute Gasteiger partial charge is 0.326 e. The standard InChI is InChI=1S/C42H65N15O13/c1-5-22(4)34(44)40(67)55-28(18-58)38(65)49-16-32(61)53-26(11-23-13-45-19-50-23)36(63)47-15-31(60)52-25(8-9-30(43)59)39(66)54-27(12-24-14-46-20-51-24)37(64)48-17-33(62)56-35(21(2)3)41(68)57-10-6-7-29(57)42(69)70/h13-14,19-22,25-29,34-35,58H,5-12,15-18,44H2,1-4H3,(H2,43,59)(H,45,50)(H,46,51)(H,47,63)(H,48,64)(H,49,65)(H,52,60)(H,53,61)(H,54,66)(H,55,67)(H,56,62)(H,69,70)/t22-,25-,26-,27-,28-,29-,34-,35-/m0/s1. The monoisotopic (exact) mass is 987 g/mol. The highest BCUT2D eigenvalue weighted by molar-refractivity contribution is 5.97. The van der Waals surface area contributed by atoms with Crippen LogP contribution in [0.4, 0.5) is 0 Å². The third-order valence-corrected chi connectivity index (χ3v) is 11.3. The van der Waals surface area contributed by atoms with Gasteiger partial charge in [0.1, 0.15) is 36.3 Å². The number of carbonyl (C=O) groups is 11. The summed E-state index contributed by atoms with van der Waals surface area (Å²) in [5, 5.41) is 38.5. The Balaban J connectivity index is 1.66. The predicted octanol–water partition coefficient (Wildman–Crippen LogP) is -5.95. The first-order valence-electron chi connectivity index (χ1n) is 22.6. The van der Waals surface area contributed by atoms with E-state index in [0.29, 0.717) is 24.2 Å². The molecule has 70 heavy (non-hydrogen) atoms. The van der Waals surface area contributed by atoms with Crippen molar-refractivity contribution in [3.8, 4) is 0 Å². The summed E-state index contributed by atoms with van der Waals surface area (Å²) in [6.07, 6.45) is 5.53. The van der Waals surface area contributed by atoms with Gasteiger partial charge in [0.15, 0.2) is 0 Å². The first kappa shape index (κ1) is 56.8. The summed E-state index contributed by atoms with van der Waals surface area (Å²) in [6.45, 7) is 4.12. The molecule has 2 aromatic heterocycles. The number of carboxylic acids is 1. The summed E-state index contributed by atoms with van der Waals surface area (Å²) in [5.41, 5.74) is 12.0. The number of nitrogens with one attached hydrogen (secondary N) is 10. The van der Waals surface area contributed by atoms with E-state index in [1.807, 2.05) is 6.92 Å². The van der Waals surface area contributed by atoms with Crippen LogP contribution in [-0.2, 0) is 65.6 Å². The number of aliphatic hydroxyl groups excluding tert-OH is 1. The topological polar surface area (TPSA) is 437 Å². The molecule has 386 valence electrons. The number of primary amides is 1. The minimum Gasteiger partial charge on any atom is -0.480 e. The molecule has 1 aliphatic heterocycles. The maximum absolute atomic E-state index is 13.7. The largest absolute Gasteiger partial charge is 0.480 e. The number of H-pyrrole nitrogens is 2. The average Bonchev–Trinajstić information content (AvgIpc) is 4.15. The second-order valence-corrected chi connectivity index (χ2v) is 17.0. The van der Waals surface area contributed by atoms with Crippen molar-refractivity contribution in [3.05, 3.63) is 36.4 Å². The summed E-state index contributed by atoms with van der Waals surface area (Å²) >= 11 is 0. The van der Waals surface area contributed by atoms with Gasteiger partial charge in [-0.3, -0.25) is 47.9 Å². The highest BCUT2D eigenvalue weighted by Crippen LogP contribution is 2.20. The number of carboxylic acid groups (broad SMARTS) is 1. The fourth-order valence-corrected chi connectivity index (χ4v) is 7.02. The number of aliphatic hydroxyl groups is 1. The Bertz CT molecular complexity index is 2140. The number of rotatable bonds is 29. The molecule has 0 spiro atoms. The molecular formula is C42H65N15O13. The zero-order valence-corrected chi connectivity index (χ0v) is 39.4. The van der Waals surface area contributed by atoms with Gasteiger partial charge in [-0.25, -0.2) is 14.8 Å². The van der Waals surface area contributed by atoms with Crippen molar-refractivity contribution >= 4 is 65.0 Å². The minimum absolute atomic E-state index is 0.177. The van der Waals surface area contributed by atoms with E-state index in [0.717, 1.165) is 0 Å². The molecule has 2 aromatic rings. The van der Waals surface area contributed by atoms with Crippen LogP contribution in [0.2, 0.25) is 0 Å². The number of aromatic nitrogens is 4. The lowest BCUT2D eigenvalue weighted by atomic mass is 9.99. The first-order valence-corrected chi connectivity index (χ1v) is 22.6. The molecule has 0 aliphatic carbocycles. The molecular weight excluding hydrogens is 923 g/mol. The van der Waals surface area contributed by atoms with Crippen molar-refractivity contribution in [3.63, 3.8) is 0 Å². The van der Waals surface area contributed by atoms with E-state index in [2.05, 4.69) is 62.5 Å². The number of hydrogen-bond acceptors (Lipinski definition) is 15. The Morgan fingerprint density at radius 3 is 1.66 bits per heavy atom. The Labute approximate surface area is 402 Å². The van der Waals surface area contributed by atoms with E-state index in [4.69, 9.17) is 11.5 Å². The van der Waals surface area contributed by atoms with Crippen LogP contribution in [0.5, 0.6) is 0 Å². The van der Waals surface area contributed by atoms with Crippen molar-refractivity contribution in [1.82, 2.24) is 67.4 Å². The van der Waals surface area contributed by atoms with E-state index in [9.17, 15) is 63.0 Å². The van der Waals surface area contributed by atoms with Gasteiger partial charge in [-0.1, -0.05) is 34.1 Å². The predicted molar refractivity (Wildman–Crippen MR) is 243 cm³/mol. The summed E-state index contributed by atoms with van der Waals surface area (Å²) in [4.78, 5) is 157. The van der Waals surface area contributed by atoms with Gasteiger partial charge in [0, 0.05) is 49.6 Å². The van der Waals surface area contributed by atoms with E-state index >= 15 is 0 Å². The number of carbonyl (C=O) groups excluding carboxylic acids is 10. The molecule has 28 heteroatoms.